The Hall–Kier alpha value is -0.910. The molecule has 0 saturated carbocycles. The van der Waals surface area contributed by atoms with Crippen LogP contribution in [0.15, 0.2) is 29.2 Å². The molecule has 2 atom stereocenters. The Morgan fingerprint density at radius 3 is 2.16 bits per heavy atom. The van der Waals surface area contributed by atoms with Gasteiger partial charge in [-0.05, 0) is 38.0 Å². The van der Waals surface area contributed by atoms with Gasteiger partial charge in [0.1, 0.15) is 0 Å². The van der Waals surface area contributed by atoms with Gasteiger partial charge >= 0.3 is 0 Å². The molecule has 0 fully saturated rings. The molecule has 0 aromatic heterocycles. The average molecular weight is 285 g/mol. The first-order chi connectivity index (χ1) is 8.80. The van der Waals surface area contributed by atoms with Crippen LogP contribution in [0.3, 0.4) is 0 Å². The SMILES string of the molecule is CCCC(C)N(C)S(=O)(=O)c1ccc(C(C)O)cc1. The van der Waals surface area contributed by atoms with Crippen LogP contribution in [-0.4, -0.2) is 30.9 Å². The zero-order valence-corrected chi connectivity index (χ0v) is 12.8. The van der Waals surface area contributed by atoms with E-state index >= 15 is 0 Å². The third kappa shape index (κ3) is 3.78. The van der Waals surface area contributed by atoms with Crippen molar-refractivity contribution in [2.45, 2.75) is 50.7 Å². The van der Waals surface area contributed by atoms with Crippen LogP contribution in [0.2, 0.25) is 0 Å². The lowest BCUT2D eigenvalue weighted by molar-refractivity contribution is 0.199. The predicted octanol–water partition coefficient (Wildman–Crippen LogP) is 2.55. The number of aliphatic hydroxyl groups excluding tert-OH is 1. The first-order valence-corrected chi connectivity index (χ1v) is 8.00. The summed E-state index contributed by atoms with van der Waals surface area (Å²) in [6.07, 6.45) is 1.19. The lowest BCUT2D eigenvalue weighted by atomic mass is 10.1. The lowest BCUT2D eigenvalue weighted by Crippen LogP contribution is -2.34. The van der Waals surface area contributed by atoms with Crippen molar-refractivity contribution in [3.8, 4) is 0 Å². The molecule has 1 N–H and O–H groups in total. The van der Waals surface area contributed by atoms with E-state index in [4.69, 9.17) is 0 Å². The average Bonchev–Trinajstić information content (AvgIpc) is 2.38. The summed E-state index contributed by atoms with van der Waals surface area (Å²) in [5, 5.41) is 9.42. The van der Waals surface area contributed by atoms with Gasteiger partial charge in [-0.1, -0.05) is 25.5 Å². The summed E-state index contributed by atoms with van der Waals surface area (Å²) in [5.41, 5.74) is 0.711. The van der Waals surface area contributed by atoms with E-state index in [1.807, 2.05) is 13.8 Å². The van der Waals surface area contributed by atoms with Crippen molar-refractivity contribution in [3.63, 3.8) is 0 Å². The first-order valence-electron chi connectivity index (χ1n) is 6.56. The Kier molecular flexibility index (Phi) is 5.52. The largest absolute Gasteiger partial charge is 0.389 e. The van der Waals surface area contributed by atoms with Crippen molar-refractivity contribution in [2.24, 2.45) is 0 Å². The highest BCUT2D eigenvalue weighted by atomic mass is 32.2. The number of aliphatic hydroxyl groups is 1. The maximum Gasteiger partial charge on any atom is 0.243 e. The quantitative estimate of drug-likeness (QED) is 0.874. The molecule has 0 heterocycles. The van der Waals surface area contributed by atoms with Crippen LogP contribution in [0.5, 0.6) is 0 Å². The van der Waals surface area contributed by atoms with E-state index < -0.39 is 16.1 Å². The molecule has 4 nitrogen and oxygen atoms in total. The summed E-state index contributed by atoms with van der Waals surface area (Å²) < 4.78 is 26.2. The molecule has 0 radical (unpaired) electrons. The Morgan fingerprint density at radius 1 is 1.21 bits per heavy atom. The molecule has 0 bridgehead atoms. The highest BCUT2D eigenvalue weighted by Crippen LogP contribution is 2.20. The van der Waals surface area contributed by atoms with Gasteiger partial charge in [0.2, 0.25) is 10.0 Å². The number of hydrogen-bond acceptors (Lipinski definition) is 3. The number of benzene rings is 1. The summed E-state index contributed by atoms with van der Waals surface area (Å²) in [6.45, 7) is 5.60. The molecule has 0 amide bonds. The van der Waals surface area contributed by atoms with Crippen molar-refractivity contribution < 1.29 is 13.5 Å². The molecule has 0 saturated heterocycles. The number of nitrogens with zero attached hydrogens (tertiary/aromatic N) is 1. The van der Waals surface area contributed by atoms with Gasteiger partial charge in [0, 0.05) is 13.1 Å². The van der Waals surface area contributed by atoms with E-state index in [2.05, 4.69) is 0 Å². The predicted molar refractivity (Wildman–Crippen MR) is 76.4 cm³/mol. The van der Waals surface area contributed by atoms with Gasteiger partial charge in [-0.3, -0.25) is 0 Å². The smallest absolute Gasteiger partial charge is 0.243 e. The van der Waals surface area contributed by atoms with Gasteiger partial charge in [-0.2, -0.15) is 4.31 Å². The van der Waals surface area contributed by atoms with Gasteiger partial charge in [-0.15, -0.1) is 0 Å². The zero-order chi connectivity index (χ0) is 14.6. The summed E-state index contributed by atoms with van der Waals surface area (Å²) in [6, 6.07) is 6.37. The Balaban J connectivity index is 3.00. The normalized spacial score (nSPS) is 15.5. The molecular weight excluding hydrogens is 262 g/mol. The number of hydrogen-bond donors (Lipinski definition) is 1. The van der Waals surface area contributed by atoms with E-state index in [0.717, 1.165) is 12.8 Å². The second kappa shape index (κ2) is 6.50. The number of rotatable bonds is 6. The molecule has 1 aromatic rings. The van der Waals surface area contributed by atoms with Crippen LogP contribution in [0, 0.1) is 0 Å². The van der Waals surface area contributed by atoms with Crippen LogP contribution < -0.4 is 0 Å². The van der Waals surface area contributed by atoms with Gasteiger partial charge in [0.15, 0.2) is 0 Å². The van der Waals surface area contributed by atoms with E-state index in [1.54, 1.807) is 38.2 Å². The fourth-order valence-electron chi connectivity index (χ4n) is 1.92. The molecule has 19 heavy (non-hydrogen) atoms. The third-order valence-corrected chi connectivity index (χ3v) is 5.35. The molecule has 2 unspecified atom stereocenters. The van der Waals surface area contributed by atoms with E-state index in [1.165, 1.54) is 4.31 Å². The van der Waals surface area contributed by atoms with Crippen LogP contribution in [0.25, 0.3) is 0 Å². The second-order valence-corrected chi connectivity index (χ2v) is 6.90. The molecule has 1 aromatic carbocycles. The van der Waals surface area contributed by atoms with Crippen LogP contribution >= 0.6 is 0 Å². The molecule has 5 heteroatoms. The fraction of sp³-hybridized carbons (Fsp3) is 0.571. The van der Waals surface area contributed by atoms with Gasteiger partial charge in [0.05, 0.1) is 11.0 Å². The van der Waals surface area contributed by atoms with Crippen molar-refractivity contribution >= 4 is 10.0 Å². The summed E-state index contributed by atoms with van der Waals surface area (Å²) in [7, 11) is -1.84. The minimum atomic E-state index is -3.45. The summed E-state index contributed by atoms with van der Waals surface area (Å²) in [5.74, 6) is 0. The zero-order valence-electron chi connectivity index (χ0n) is 12.0. The first kappa shape index (κ1) is 16.1. The number of sulfonamides is 1. The van der Waals surface area contributed by atoms with Gasteiger partial charge in [0.25, 0.3) is 0 Å². The molecule has 0 spiro atoms. The fourth-order valence-corrected chi connectivity index (χ4v) is 3.31. The minimum Gasteiger partial charge on any atom is -0.389 e. The second-order valence-electron chi connectivity index (χ2n) is 4.90. The monoisotopic (exact) mass is 285 g/mol. The molecule has 0 aliphatic rings. The topological polar surface area (TPSA) is 57.6 Å². The highest BCUT2D eigenvalue weighted by Gasteiger charge is 2.24. The molecule has 1 rings (SSSR count). The Morgan fingerprint density at radius 2 is 1.74 bits per heavy atom. The van der Waals surface area contributed by atoms with E-state index in [-0.39, 0.29) is 10.9 Å². The highest BCUT2D eigenvalue weighted by molar-refractivity contribution is 7.89. The van der Waals surface area contributed by atoms with Gasteiger partial charge < -0.3 is 5.11 Å². The maximum atomic E-state index is 12.4. The molecule has 0 aliphatic carbocycles. The summed E-state index contributed by atoms with van der Waals surface area (Å²) >= 11 is 0. The van der Waals surface area contributed by atoms with Crippen molar-refractivity contribution in [2.75, 3.05) is 7.05 Å². The minimum absolute atomic E-state index is 0.0218. The van der Waals surface area contributed by atoms with E-state index in [9.17, 15) is 13.5 Å². The molecule has 108 valence electrons. The van der Waals surface area contributed by atoms with Crippen LogP contribution in [-0.2, 0) is 10.0 Å². The Labute approximate surface area is 116 Å². The van der Waals surface area contributed by atoms with Crippen molar-refractivity contribution in [3.05, 3.63) is 29.8 Å². The third-order valence-electron chi connectivity index (χ3n) is 3.37. The van der Waals surface area contributed by atoms with Crippen molar-refractivity contribution in [1.29, 1.82) is 0 Å². The molecule has 0 aliphatic heterocycles. The maximum absolute atomic E-state index is 12.4. The summed E-state index contributed by atoms with van der Waals surface area (Å²) in [4.78, 5) is 0.266. The lowest BCUT2D eigenvalue weighted by Gasteiger charge is -2.24. The van der Waals surface area contributed by atoms with Crippen molar-refractivity contribution in [1.82, 2.24) is 4.31 Å². The van der Waals surface area contributed by atoms with Crippen LogP contribution in [0.1, 0.15) is 45.3 Å². The van der Waals surface area contributed by atoms with Gasteiger partial charge in [-0.25, -0.2) is 8.42 Å². The molecular formula is C14H23NO3S. The van der Waals surface area contributed by atoms with Crippen LogP contribution in [0.4, 0.5) is 0 Å². The van der Waals surface area contributed by atoms with E-state index in [0.29, 0.717) is 5.56 Å². The standard InChI is InChI=1S/C14H23NO3S/c1-5-6-11(2)15(4)19(17,18)14-9-7-13(8-10-14)12(3)16/h7-12,16H,5-6H2,1-4H3. The Bertz CT molecular complexity index is 494.